The molecule has 1 aliphatic heterocycles. The molecule has 1 aliphatic rings. The van der Waals surface area contributed by atoms with E-state index in [9.17, 15) is 5.11 Å². The van der Waals surface area contributed by atoms with Crippen molar-refractivity contribution in [3.63, 3.8) is 0 Å². The normalized spacial score (nSPS) is 27.9. The van der Waals surface area contributed by atoms with Crippen LogP contribution in [0.2, 0.25) is 0 Å². The third kappa shape index (κ3) is 2.13. The quantitative estimate of drug-likeness (QED) is 0.723. The number of nitrogens with zero attached hydrogens (tertiary/aromatic N) is 1. The zero-order valence-corrected chi connectivity index (χ0v) is 8.36. The minimum atomic E-state index is -0.249. The van der Waals surface area contributed by atoms with Crippen LogP contribution in [0, 0.1) is 12.8 Å². The van der Waals surface area contributed by atoms with Gasteiger partial charge in [0.05, 0.1) is 11.8 Å². The van der Waals surface area contributed by atoms with Gasteiger partial charge in [-0.05, 0) is 25.3 Å². The first-order valence-electron chi connectivity index (χ1n) is 5.05. The molecule has 0 radical (unpaired) electrons. The lowest BCUT2D eigenvalue weighted by Gasteiger charge is -2.27. The highest BCUT2D eigenvalue weighted by Gasteiger charge is 2.23. The van der Waals surface area contributed by atoms with Gasteiger partial charge >= 0.3 is 0 Å². The lowest BCUT2D eigenvalue weighted by Crippen LogP contribution is -2.41. The van der Waals surface area contributed by atoms with E-state index < -0.39 is 0 Å². The van der Waals surface area contributed by atoms with Gasteiger partial charge in [0.2, 0.25) is 0 Å². The number of hydrogen-bond donors (Lipinski definition) is 2. The summed E-state index contributed by atoms with van der Waals surface area (Å²) in [5.41, 5.74) is 0.952. The molecule has 1 aromatic rings. The average Bonchev–Trinajstić information content (AvgIpc) is 2.56. The number of aliphatic hydroxyl groups is 1. The SMILES string of the molecule is Cc1nc(CC2CCNCC2O)co1. The van der Waals surface area contributed by atoms with Crippen LogP contribution in [0.15, 0.2) is 10.7 Å². The Labute approximate surface area is 83.3 Å². The second kappa shape index (κ2) is 4.11. The molecule has 0 aromatic carbocycles. The van der Waals surface area contributed by atoms with Crippen molar-refractivity contribution in [2.75, 3.05) is 13.1 Å². The third-order valence-corrected chi connectivity index (χ3v) is 2.73. The molecule has 0 bridgehead atoms. The van der Waals surface area contributed by atoms with Crippen molar-refractivity contribution in [1.82, 2.24) is 10.3 Å². The van der Waals surface area contributed by atoms with Crippen LogP contribution in [0.4, 0.5) is 0 Å². The van der Waals surface area contributed by atoms with Crippen LogP contribution in [0.1, 0.15) is 18.0 Å². The zero-order chi connectivity index (χ0) is 9.97. The van der Waals surface area contributed by atoms with E-state index in [2.05, 4.69) is 10.3 Å². The minimum Gasteiger partial charge on any atom is -0.449 e. The molecule has 1 saturated heterocycles. The van der Waals surface area contributed by atoms with E-state index in [1.807, 2.05) is 6.92 Å². The molecule has 2 N–H and O–H groups in total. The standard InChI is InChI=1S/C10H16N2O2/c1-7-12-9(6-14-7)4-8-2-3-11-5-10(8)13/h6,8,10-11,13H,2-5H2,1H3. The Kier molecular flexibility index (Phi) is 2.84. The van der Waals surface area contributed by atoms with Crippen molar-refractivity contribution < 1.29 is 9.52 Å². The van der Waals surface area contributed by atoms with Crippen molar-refractivity contribution in [2.24, 2.45) is 5.92 Å². The molecule has 4 heteroatoms. The van der Waals surface area contributed by atoms with Gasteiger partial charge in [-0.25, -0.2) is 4.98 Å². The van der Waals surface area contributed by atoms with Gasteiger partial charge in [-0.3, -0.25) is 0 Å². The first kappa shape index (κ1) is 9.68. The maximum absolute atomic E-state index is 9.72. The van der Waals surface area contributed by atoms with Gasteiger partial charge in [-0.1, -0.05) is 0 Å². The number of aryl methyl sites for hydroxylation is 1. The van der Waals surface area contributed by atoms with E-state index in [-0.39, 0.29) is 6.10 Å². The highest BCUT2D eigenvalue weighted by Crippen LogP contribution is 2.18. The van der Waals surface area contributed by atoms with Gasteiger partial charge in [0, 0.05) is 13.5 Å². The molecule has 0 saturated carbocycles. The Bertz CT molecular complexity index is 298. The van der Waals surface area contributed by atoms with Crippen LogP contribution >= 0.6 is 0 Å². The second-order valence-electron chi connectivity index (χ2n) is 3.88. The van der Waals surface area contributed by atoms with Crippen molar-refractivity contribution in [3.05, 3.63) is 17.8 Å². The van der Waals surface area contributed by atoms with E-state index >= 15 is 0 Å². The van der Waals surface area contributed by atoms with Gasteiger partial charge in [-0.2, -0.15) is 0 Å². The van der Waals surface area contributed by atoms with Crippen LogP contribution in [-0.4, -0.2) is 29.3 Å². The summed E-state index contributed by atoms with van der Waals surface area (Å²) in [6.07, 6.45) is 3.26. The minimum absolute atomic E-state index is 0.249. The number of oxazole rings is 1. The Balaban J connectivity index is 1.95. The molecule has 0 spiro atoms. The summed E-state index contributed by atoms with van der Waals surface area (Å²) in [6.45, 7) is 3.52. The largest absolute Gasteiger partial charge is 0.449 e. The number of rotatable bonds is 2. The molecule has 4 nitrogen and oxygen atoms in total. The summed E-state index contributed by atoms with van der Waals surface area (Å²) in [7, 11) is 0. The average molecular weight is 196 g/mol. The first-order chi connectivity index (χ1) is 6.75. The maximum atomic E-state index is 9.72. The molecule has 78 valence electrons. The van der Waals surface area contributed by atoms with Crippen molar-refractivity contribution in [2.45, 2.75) is 25.9 Å². The van der Waals surface area contributed by atoms with Gasteiger partial charge < -0.3 is 14.8 Å². The van der Waals surface area contributed by atoms with Gasteiger partial charge in [0.1, 0.15) is 6.26 Å². The zero-order valence-electron chi connectivity index (χ0n) is 8.36. The highest BCUT2D eigenvalue weighted by molar-refractivity contribution is 4.98. The van der Waals surface area contributed by atoms with Gasteiger partial charge in [0.15, 0.2) is 5.89 Å². The Hall–Kier alpha value is -0.870. The molecule has 2 heterocycles. The number of aromatic nitrogens is 1. The fourth-order valence-corrected chi connectivity index (χ4v) is 1.91. The van der Waals surface area contributed by atoms with E-state index in [1.54, 1.807) is 6.26 Å². The summed E-state index contributed by atoms with van der Waals surface area (Å²) in [5.74, 6) is 1.02. The molecule has 0 aliphatic carbocycles. The lowest BCUT2D eigenvalue weighted by molar-refractivity contribution is 0.0815. The summed E-state index contributed by atoms with van der Waals surface area (Å²) in [5, 5.41) is 12.9. The van der Waals surface area contributed by atoms with Crippen LogP contribution in [0.3, 0.4) is 0 Å². The fraction of sp³-hybridized carbons (Fsp3) is 0.700. The van der Waals surface area contributed by atoms with Gasteiger partial charge in [-0.15, -0.1) is 0 Å². The van der Waals surface area contributed by atoms with E-state index in [1.165, 1.54) is 0 Å². The first-order valence-corrected chi connectivity index (χ1v) is 5.05. The number of aliphatic hydroxyl groups excluding tert-OH is 1. The number of piperidine rings is 1. The molecule has 2 atom stereocenters. The van der Waals surface area contributed by atoms with Crippen LogP contribution < -0.4 is 5.32 Å². The molecular weight excluding hydrogens is 180 g/mol. The van der Waals surface area contributed by atoms with E-state index in [0.29, 0.717) is 18.4 Å². The molecular formula is C10H16N2O2. The molecule has 2 rings (SSSR count). The summed E-state index contributed by atoms with van der Waals surface area (Å²) >= 11 is 0. The van der Waals surface area contributed by atoms with Crippen LogP contribution in [-0.2, 0) is 6.42 Å². The third-order valence-electron chi connectivity index (χ3n) is 2.73. The summed E-state index contributed by atoms with van der Waals surface area (Å²) < 4.78 is 5.13. The summed E-state index contributed by atoms with van der Waals surface area (Å²) in [6, 6.07) is 0. The Morgan fingerprint density at radius 1 is 1.71 bits per heavy atom. The van der Waals surface area contributed by atoms with Crippen molar-refractivity contribution >= 4 is 0 Å². The Morgan fingerprint density at radius 3 is 3.21 bits per heavy atom. The summed E-state index contributed by atoms with van der Waals surface area (Å²) in [4.78, 5) is 4.24. The highest BCUT2D eigenvalue weighted by atomic mass is 16.3. The number of β-amino-alcohol motifs (C(OH)–C–C–N with tert-alkyl or cyclic N) is 1. The lowest BCUT2D eigenvalue weighted by atomic mass is 9.91. The molecule has 2 unspecified atom stereocenters. The number of hydrogen-bond acceptors (Lipinski definition) is 4. The van der Waals surface area contributed by atoms with Gasteiger partial charge in [0.25, 0.3) is 0 Å². The smallest absolute Gasteiger partial charge is 0.191 e. The van der Waals surface area contributed by atoms with Crippen molar-refractivity contribution in [3.8, 4) is 0 Å². The second-order valence-corrected chi connectivity index (χ2v) is 3.88. The number of nitrogens with one attached hydrogen (secondary N) is 1. The molecule has 14 heavy (non-hydrogen) atoms. The van der Waals surface area contributed by atoms with Crippen molar-refractivity contribution in [1.29, 1.82) is 0 Å². The van der Waals surface area contributed by atoms with Crippen LogP contribution in [0.5, 0.6) is 0 Å². The maximum Gasteiger partial charge on any atom is 0.191 e. The molecule has 1 fully saturated rings. The monoisotopic (exact) mass is 196 g/mol. The fourth-order valence-electron chi connectivity index (χ4n) is 1.91. The topological polar surface area (TPSA) is 58.3 Å². The van der Waals surface area contributed by atoms with E-state index in [0.717, 1.165) is 25.1 Å². The van der Waals surface area contributed by atoms with E-state index in [4.69, 9.17) is 4.42 Å². The van der Waals surface area contributed by atoms with Crippen LogP contribution in [0.25, 0.3) is 0 Å². The predicted molar refractivity (Wildman–Crippen MR) is 51.9 cm³/mol. The Morgan fingerprint density at radius 2 is 2.57 bits per heavy atom. The molecule has 0 amide bonds. The molecule has 1 aromatic heterocycles. The predicted octanol–water partition coefficient (Wildman–Crippen LogP) is 0.496.